The van der Waals surface area contributed by atoms with E-state index in [1.54, 1.807) is 6.92 Å². The first kappa shape index (κ1) is 31.0. The van der Waals surface area contributed by atoms with E-state index in [0.29, 0.717) is 25.8 Å². The van der Waals surface area contributed by atoms with Gasteiger partial charge in [0, 0.05) is 6.42 Å². The minimum Gasteiger partial charge on any atom is -0.480 e. The van der Waals surface area contributed by atoms with Gasteiger partial charge in [0.15, 0.2) is 0 Å². The van der Waals surface area contributed by atoms with Gasteiger partial charge in [-0.25, -0.2) is 4.79 Å². The zero-order valence-electron chi connectivity index (χ0n) is 20.8. The number of carbonyl (C=O) groups is 4. The first-order valence-electron chi connectivity index (χ1n) is 12.0. The van der Waals surface area contributed by atoms with Gasteiger partial charge in [0.2, 0.25) is 17.7 Å². The maximum atomic E-state index is 12.4. The number of carboxylic acid groups (broad SMARTS) is 1. The van der Waals surface area contributed by atoms with Gasteiger partial charge in [0.05, 0.1) is 32.5 Å². The molecule has 0 heterocycles. The van der Waals surface area contributed by atoms with E-state index in [0.717, 1.165) is 18.4 Å². The van der Waals surface area contributed by atoms with E-state index >= 15 is 0 Å². The smallest absolute Gasteiger partial charge is 0.329 e. The van der Waals surface area contributed by atoms with Crippen LogP contribution < -0.4 is 27.0 Å². The zero-order valence-corrected chi connectivity index (χ0v) is 20.8. The fourth-order valence-corrected chi connectivity index (χ4v) is 3.08. The van der Waals surface area contributed by atoms with Crippen molar-refractivity contribution in [3.8, 4) is 0 Å². The molecule has 1 rings (SSSR count). The Bertz CT molecular complexity index is 794. The van der Waals surface area contributed by atoms with Gasteiger partial charge in [0.1, 0.15) is 12.8 Å². The molecule has 1 aromatic carbocycles. The van der Waals surface area contributed by atoms with Crippen molar-refractivity contribution in [1.82, 2.24) is 21.3 Å². The molecule has 0 fully saturated rings. The average Bonchev–Trinajstić information content (AvgIpc) is 2.85. The number of nitrogens with one attached hydrogen (secondary N) is 4. The summed E-state index contributed by atoms with van der Waals surface area (Å²) >= 11 is 0. The van der Waals surface area contributed by atoms with Gasteiger partial charge in [-0.15, -0.1) is 0 Å². The molecule has 12 nitrogen and oxygen atoms in total. The molecule has 0 bridgehead atoms. The van der Waals surface area contributed by atoms with Crippen LogP contribution in [-0.2, 0) is 35.1 Å². The highest BCUT2D eigenvalue weighted by molar-refractivity contribution is 5.88. The Kier molecular flexibility index (Phi) is 16.5. The highest BCUT2D eigenvalue weighted by atomic mass is 16.5. The van der Waals surface area contributed by atoms with Gasteiger partial charge in [-0.1, -0.05) is 36.8 Å². The summed E-state index contributed by atoms with van der Waals surface area (Å²) in [6.07, 6.45) is 2.80. The number of rotatable bonds is 20. The second kappa shape index (κ2) is 19.2. The van der Waals surface area contributed by atoms with Gasteiger partial charge in [-0.05, 0) is 38.3 Å². The lowest BCUT2D eigenvalue weighted by Gasteiger charge is -2.22. The number of carbonyl (C=O) groups excluding carboxylic acids is 3. The van der Waals surface area contributed by atoms with E-state index in [4.69, 9.17) is 20.3 Å². The summed E-state index contributed by atoms with van der Waals surface area (Å²) in [6, 6.07) is 9.17. The number of ether oxygens (including phenoxy) is 2. The molecule has 3 amide bonds. The number of carboxylic acids is 1. The highest BCUT2D eigenvalue weighted by Gasteiger charge is 2.16. The van der Waals surface area contributed by atoms with Gasteiger partial charge < -0.3 is 36.3 Å². The molecular formula is C24H39N5O7. The van der Waals surface area contributed by atoms with Crippen LogP contribution in [0.15, 0.2) is 30.3 Å². The van der Waals surface area contributed by atoms with E-state index in [1.807, 2.05) is 30.3 Å². The highest BCUT2D eigenvalue weighted by Crippen LogP contribution is 2.05. The van der Waals surface area contributed by atoms with Crippen LogP contribution in [0.1, 0.15) is 38.2 Å². The Hall–Kier alpha value is -3.06. The fourth-order valence-electron chi connectivity index (χ4n) is 3.08. The zero-order chi connectivity index (χ0) is 26.6. The second-order valence-corrected chi connectivity index (χ2v) is 8.17. The molecule has 0 aliphatic carbocycles. The number of nitrogens with two attached hydrogens (primary N) is 1. The second-order valence-electron chi connectivity index (χ2n) is 8.17. The van der Waals surface area contributed by atoms with Crippen molar-refractivity contribution in [1.29, 1.82) is 0 Å². The van der Waals surface area contributed by atoms with E-state index < -0.39 is 30.6 Å². The largest absolute Gasteiger partial charge is 0.480 e. The molecule has 1 aromatic rings. The van der Waals surface area contributed by atoms with E-state index in [-0.39, 0.29) is 38.4 Å². The molecule has 0 aromatic heterocycles. The molecule has 202 valence electrons. The quantitative estimate of drug-likeness (QED) is 0.0995. The monoisotopic (exact) mass is 509 g/mol. The fraction of sp³-hybridized carbons (Fsp3) is 0.583. The van der Waals surface area contributed by atoms with Crippen LogP contribution in [0.2, 0.25) is 0 Å². The molecule has 0 saturated carbocycles. The van der Waals surface area contributed by atoms with Gasteiger partial charge in [0.25, 0.3) is 0 Å². The van der Waals surface area contributed by atoms with Crippen molar-refractivity contribution in [2.45, 2.75) is 51.3 Å². The molecule has 36 heavy (non-hydrogen) atoms. The molecule has 0 saturated heterocycles. The van der Waals surface area contributed by atoms with Gasteiger partial charge >= 0.3 is 5.97 Å². The third kappa shape index (κ3) is 16.5. The van der Waals surface area contributed by atoms with E-state index in [9.17, 15) is 19.2 Å². The molecule has 1 unspecified atom stereocenters. The Morgan fingerprint density at radius 3 is 2.36 bits per heavy atom. The van der Waals surface area contributed by atoms with Crippen LogP contribution in [0.5, 0.6) is 0 Å². The first-order chi connectivity index (χ1) is 17.3. The van der Waals surface area contributed by atoms with Crippen LogP contribution in [-0.4, -0.2) is 80.6 Å². The molecule has 2 atom stereocenters. The topological polar surface area (TPSA) is 181 Å². The summed E-state index contributed by atoms with van der Waals surface area (Å²) in [5, 5.41) is 19.3. The summed E-state index contributed by atoms with van der Waals surface area (Å²) in [5.41, 5.74) is 6.41. The summed E-state index contributed by atoms with van der Waals surface area (Å²) in [5.74, 6) is -2.14. The standard InChI is InChI=1S/C24H39N5O7/c1-18(28-17-35-16-24(33)34)36-15-20(12-19-8-4-2-5-9-19)29-23(32)14-27-22(31)13-26-21(30)10-6-3-7-11-25/h2,4-5,8-9,18,20,28H,3,6-7,10-17,25H2,1H3,(H,26,30)(H,27,31)(H,29,32)(H,33,34)/t18?,20-/m0/s1. The number of amides is 3. The Morgan fingerprint density at radius 2 is 1.67 bits per heavy atom. The lowest BCUT2D eigenvalue weighted by molar-refractivity contribution is -0.143. The van der Waals surface area contributed by atoms with Crippen molar-refractivity contribution < 1.29 is 33.8 Å². The number of benzene rings is 1. The van der Waals surface area contributed by atoms with Crippen LogP contribution in [0.25, 0.3) is 0 Å². The summed E-state index contributed by atoms with van der Waals surface area (Å²) in [7, 11) is 0. The lowest BCUT2D eigenvalue weighted by Crippen LogP contribution is -2.47. The van der Waals surface area contributed by atoms with Crippen LogP contribution >= 0.6 is 0 Å². The molecule has 12 heteroatoms. The molecule has 7 N–H and O–H groups in total. The number of hydrogen-bond donors (Lipinski definition) is 6. The minimum absolute atomic E-state index is 0.000548. The Morgan fingerprint density at radius 1 is 0.972 bits per heavy atom. The molecule has 0 aliphatic rings. The van der Waals surface area contributed by atoms with Crippen LogP contribution in [0, 0.1) is 0 Å². The predicted molar refractivity (Wildman–Crippen MR) is 133 cm³/mol. The normalized spacial score (nSPS) is 12.4. The number of unbranched alkanes of at least 4 members (excludes halogenated alkanes) is 2. The molecule has 0 aliphatic heterocycles. The molecule has 0 spiro atoms. The lowest BCUT2D eigenvalue weighted by atomic mass is 10.1. The minimum atomic E-state index is -1.07. The predicted octanol–water partition coefficient (Wildman–Crippen LogP) is -0.524. The third-order valence-electron chi connectivity index (χ3n) is 4.94. The summed E-state index contributed by atoms with van der Waals surface area (Å²) < 4.78 is 10.6. The van der Waals surface area contributed by atoms with E-state index in [1.165, 1.54) is 0 Å². The van der Waals surface area contributed by atoms with Crippen molar-refractivity contribution >= 4 is 23.7 Å². The van der Waals surface area contributed by atoms with Crippen molar-refractivity contribution in [3.63, 3.8) is 0 Å². The Balaban J connectivity index is 2.42. The molecule has 0 radical (unpaired) electrons. The Labute approximate surface area is 211 Å². The SMILES string of the molecule is CC(NCOCC(=O)O)OC[C@H](Cc1ccccc1)NC(=O)CNC(=O)CNC(=O)CCCCCN. The van der Waals surface area contributed by atoms with Gasteiger partial charge in [-0.2, -0.15) is 0 Å². The maximum Gasteiger partial charge on any atom is 0.329 e. The van der Waals surface area contributed by atoms with Crippen molar-refractivity contribution in [3.05, 3.63) is 35.9 Å². The number of aliphatic carboxylic acids is 1. The van der Waals surface area contributed by atoms with E-state index in [2.05, 4.69) is 21.3 Å². The summed E-state index contributed by atoms with van der Waals surface area (Å²) in [4.78, 5) is 46.7. The first-order valence-corrected chi connectivity index (χ1v) is 12.0. The van der Waals surface area contributed by atoms with Crippen LogP contribution in [0.4, 0.5) is 0 Å². The third-order valence-corrected chi connectivity index (χ3v) is 4.94. The molecular weight excluding hydrogens is 470 g/mol. The maximum absolute atomic E-state index is 12.4. The summed E-state index contributed by atoms with van der Waals surface area (Å²) in [6.45, 7) is 1.63. The average molecular weight is 510 g/mol. The van der Waals surface area contributed by atoms with Gasteiger partial charge in [-0.3, -0.25) is 19.7 Å². The van der Waals surface area contributed by atoms with Crippen molar-refractivity contribution in [2.75, 3.05) is 39.6 Å². The van der Waals surface area contributed by atoms with Crippen LogP contribution in [0.3, 0.4) is 0 Å². The number of hydrogen-bond acceptors (Lipinski definition) is 8. The van der Waals surface area contributed by atoms with Crippen molar-refractivity contribution in [2.24, 2.45) is 5.73 Å².